The molecule has 6 aliphatic rings. The van der Waals surface area contributed by atoms with E-state index in [9.17, 15) is 40.2 Å². The van der Waals surface area contributed by atoms with E-state index in [2.05, 4.69) is 26.8 Å². The van der Waals surface area contributed by atoms with Crippen molar-refractivity contribution in [3.8, 4) is 0 Å². The molecule has 0 spiro atoms. The van der Waals surface area contributed by atoms with Gasteiger partial charge in [-0.15, -0.1) is 0 Å². The molecule has 0 radical (unpaired) electrons. The number of aliphatic hydroxyl groups excluding tert-OH is 5. The van der Waals surface area contributed by atoms with Gasteiger partial charge < -0.3 is 44.8 Å². The van der Waals surface area contributed by atoms with E-state index in [4.69, 9.17) is 14.2 Å². The monoisotopic (exact) mass is 650 g/mol. The molecule has 260 valence electrons. The molecule has 14 atom stereocenters. The molecule has 0 aromatic rings. The highest BCUT2D eigenvalue weighted by atomic mass is 16.7. The summed E-state index contributed by atoms with van der Waals surface area (Å²) >= 11 is 0. The summed E-state index contributed by atoms with van der Waals surface area (Å²) in [5.74, 6) is -1.52. The molecule has 0 bridgehead atoms. The smallest absolute Gasteiger partial charge is 0.311 e. The van der Waals surface area contributed by atoms with Crippen molar-refractivity contribution in [1.29, 1.82) is 0 Å². The molecular weight excluding hydrogens is 596 g/mol. The number of aliphatic carboxylic acids is 1. The molecule has 1 aliphatic heterocycles. The Morgan fingerprint density at radius 1 is 0.935 bits per heavy atom. The summed E-state index contributed by atoms with van der Waals surface area (Å²) in [6.07, 6.45) is 1.26. The number of fused-ring (bicyclic) bond motifs is 7. The zero-order valence-electron chi connectivity index (χ0n) is 27.9. The number of rotatable bonds is 5. The van der Waals surface area contributed by atoms with Crippen LogP contribution in [-0.2, 0) is 23.8 Å². The van der Waals surface area contributed by atoms with Gasteiger partial charge in [0.15, 0.2) is 6.29 Å². The van der Waals surface area contributed by atoms with E-state index in [-0.39, 0.29) is 47.6 Å². The van der Waals surface area contributed by atoms with E-state index in [1.165, 1.54) is 7.11 Å². The van der Waals surface area contributed by atoms with E-state index in [1.54, 1.807) is 0 Å². The lowest BCUT2D eigenvalue weighted by atomic mass is 9.34. The van der Waals surface area contributed by atoms with Gasteiger partial charge in [0.2, 0.25) is 0 Å². The minimum Gasteiger partial charge on any atom is -0.481 e. The second kappa shape index (κ2) is 11.2. The fraction of sp³-hybridized carbons (Fsp3) is 0.886. The van der Waals surface area contributed by atoms with Crippen molar-refractivity contribution >= 4 is 11.9 Å². The molecule has 46 heavy (non-hydrogen) atoms. The summed E-state index contributed by atoms with van der Waals surface area (Å²) in [7, 11) is 1.39. The molecule has 0 amide bonds. The van der Waals surface area contributed by atoms with Gasteiger partial charge in [-0.1, -0.05) is 32.4 Å². The lowest BCUT2D eigenvalue weighted by molar-refractivity contribution is -0.340. The van der Waals surface area contributed by atoms with Crippen molar-refractivity contribution in [1.82, 2.24) is 0 Å². The van der Waals surface area contributed by atoms with E-state index in [0.29, 0.717) is 51.4 Å². The molecule has 4 saturated carbocycles. The van der Waals surface area contributed by atoms with Crippen molar-refractivity contribution in [3.05, 3.63) is 11.6 Å². The molecule has 5 aliphatic carbocycles. The Morgan fingerprint density at radius 2 is 1.63 bits per heavy atom. The summed E-state index contributed by atoms with van der Waals surface area (Å²) in [5.41, 5.74) is -2.91. The Bertz CT molecular complexity index is 1270. The number of hydrogen-bond acceptors (Lipinski definition) is 10. The summed E-state index contributed by atoms with van der Waals surface area (Å²) in [6, 6.07) is 0. The van der Waals surface area contributed by atoms with E-state index in [0.717, 1.165) is 12.0 Å². The summed E-state index contributed by atoms with van der Waals surface area (Å²) in [5, 5.41) is 64.1. The summed E-state index contributed by atoms with van der Waals surface area (Å²) in [4.78, 5) is 26.0. The lowest BCUT2D eigenvalue weighted by Gasteiger charge is -2.71. The number of aliphatic hydroxyl groups is 5. The fourth-order valence-electron chi connectivity index (χ4n) is 12.0. The number of hydrogen-bond donors (Lipinski definition) is 6. The van der Waals surface area contributed by atoms with Crippen LogP contribution in [-0.4, -0.2) is 99.2 Å². The quantitative estimate of drug-likeness (QED) is 0.190. The number of allylic oxidation sites excluding steroid dienone is 2. The average molecular weight is 651 g/mol. The zero-order valence-corrected chi connectivity index (χ0v) is 27.9. The average Bonchev–Trinajstić information content (AvgIpc) is 3.00. The summed E-state index contributed by atoms with van der Waals surface area (Å²) in [6.45, 7) is 8.03. The van der Waals surface area contributed by atoms with Gasteiger partial charge in [-0.2, -0.15) is 0 Å². The first-order valence-electron chi connectivity index (χ1n) is 17.1. The predicted octanol–water partition coefficient (Wildman–Crippen LogP) is 2.55. The number of esters is 1. The van der Waals surface area contributed by atoms with E-state index < -0.39 is 65.1 Å². The number of carbonyl (C=O) groups is 2. The zero-order chi connectivity index (χ0) is 33.7. The van der Waals surface area contributed by atoms with Crippen LogP contribution in [0, 0.1) is 44.8 Å². The molecule has 0 aromatic heterocycles. The van der Waals surface area contributed by atoms with Gasteiger partial charge >= 0.3 is 11.9 Å². The van der Waals surface area contributed by atoms with Gasteiger partial charge in [0.25, 0.3) is 0 Å². The minimum atomic E-state index is -1.52. The normalized spacial score (nSPS) is 53.5. The van der Waals surface area contributed by atoms with Crippen LogP contribution in [0.15, 0.2) is 11.6 Å². The largest absolute Gasteiger partial charge is 0.481 e. The van der Waals surface area contributed by atoms with Gasteiger partial charge in [-0.3, -0.25) is 9.59 Å². The Labute approximate surface area is 271 Å². The van der Waals surface area contributed by atoms with Crippen LogP contribution in [0.25, 0.3) is 0 Å². The maximum atomic E-state index is 13.0. The Hall–Kier alpha value is -1.60. The number of carboxylic acid groups (broad SMARTS) is 1. The number of carboxylic acids is 1. The molecular formula is C35H54O11. The van der Waals surface area contributed by atoms with Crippen molar-refractivity contribution < 1.29 is 54.4 Å². The van der Waals surface area contributed by atoms with Crippen molar-refractivity contribution in [2.24, 2.45) is 44.8 Å². The number of carbonyl (C=O) groups excluding carboxylic acids is 1. The third kappa shape index (κ3) is 4.55. The molecule has 6 rings (SSSR count). The molecule has 1 heterocycles. The second-order valence-corrected chi connectivity index (χ2v) is 16.7. The van der Waals surface area contributed by atoms with Crippen molar-refractivity contribution in [2.45, 2.75) is 128 Å². The van der Waals surface area contributed by atoms with Gasteiger partial charge in [0.1, 0.15) is 23.9 Å². The van der Waals surface area contributed by atoms with Crippen LogP contribution < -0.4 is 0 Å². The third-order valence-electron chi connectivity index (χ3n) is 14.7. The molecule has 6 N–H and O–H groups in total. The Kier molecular flexibility index (Phi) is 8.36. The Balaban J connectivity index is 1.38. The Morgan fingerprint density at radius 3 is 2.28 bits per heavy atom. The molecule has 5 fully saturated rings. The number of ether oxygens (including phenoxy) is 3. The van der Waals surface area contributed by atoms with Crippen LogP contribution in [0.5, 0.6) is 0 Å². The highest BCUT2D eigenvalue weighted by Gasteiger charge is 2.71. The SMILES string of the molecule is COC(=O)[C@@]1(C)CC[C@]2(C(=O)O)CC[C@]3(C)C(=CC[C@@H]4[C@@]5(C)C[C@H](O)C[C@](CO)(O[C@@H]6OC[C@@H](O)[C@H](O)[C@H]6O)[C@@H]5CC[C@]43C)[C@@H]2C1. The van der Waals surface area contributed by atoms with E-state index in [1.807, 2.05) is 6.92 Å². The number of methoxy groups -OCH3 is 1. The van der Waals surface area contributed by atoms with Crippen molar-refractivity contribution in [3.63, 3.8) is 0 Å². The van der Waals surface area contributed by atoms with Crippen LogP contribution in [0.3, 0.4) is 0 Å². The molecule has 0 aromatic carbocycles. The standard InChI is InChI=1S/C35H54O11/c1-30(29(43)44-5)10-12-34(28(41)42)13-11-32(3)20(21(34)16-30)6-7-23-31(2)14-19(37)15-35(18-36,24(31)8-9-33(23,32)4)46-27-26(40)25(39)22(38)17-45-27/h6,19,21-27,36-40H,7-18H2,1-5H3,(H,41,42)/t19-,21-,22+,23+,24+,25-,26+,27-,30-,31+,32+,33+,34-,35+/m0/s1. The van der Waals surface area contributed by atoms with Crippen LogP contribution in [0.2, 0.25) is 0 Å². The van der Waals surface area contributed by atoms with Crippen molar-refractivity contribution in [2.75, 3.05) is 20.3 Å². The first-order valence-corrected chi connectivity index (χ1v) is 17.1. The molecule has 1 saturated heterocycles. The van der Waals surface area contributed by atoms with Gasteiger partial charge in [-0.25, -0.2) is 0 Å². The third-order valence-corrected chi connectivity index (χ3v) is 14.7. The molecule has 0 unspecified atom stereocenters. The highest BCUT2D eigenvalue weighted by Crippen LogP contribution is 2.75. The fourth-order valence-corrected chi connectivity index (χ4v) is 12.0. The summed E-state index contributed by atoms with van der Waals surface area (Å²) < 4.78 is 17.3. The van der Waals surface area contributed by atoms with Crippen LogP contribution >= 0.6 is 0 Å². The predicted molar refractivity (Wildman–Crippen MR) is 164 cm³/mol. The molecule has 11 nitrogen and oxygen atoms in total. The maximum Gasteiger partial charge on any atom is 0.311 e. The first kappa shape index (κ1) is 34.3. The minimum absolute atomic E-state index is 0.0643. The second-order valence-electron chi connectivity index (χ2n) is 16.7. The first-order chi connectivity index (χ1) is 21.5. The topological polar surface area (TPSA) is 183 Å². The van der Waals surface area contributed by atoms with E-state index >= 15 is 0 Å². The van der Waals surface area contributed by atoms with Crippen LogP contribution in [0.4, 0.5) is 0 Å². The molecule has 11 heteroatoms. The van der Waals surface area contributed by atoms with Gasteiger partial charge in [0.05, 0.1) is 37.3 Å². The van der Waals surface area contributed by atoms with Gasteiger partial charge in [0, 0.05) is 6.42 Å². The van der Waals surface area contributed by atoms with Gasteiger partial charge in [-0.05, 0) is 98.7 Å². The van der Waals surface area contributed by atoms with Crippen LogP contribution in [0.1, 0.15) is 91.9 Å². The lowest BCUT2D eigenvalue weighted by Crippen LogP contribution is -2.69. The highest BCUT2D eigenvalue weighted by molar-refractivity contribution is 5.80. The maximum absolute atomic E-state index is 13.0.